The number of nitriles is 1. The molecule has 3 aliphatic carbocycles. The average Bonchev–Trinajstić information content (AvgIpc) is 3.10. The monoisotopic (exact) mass is 723 g/mol. The molecule has 3 aliphatic heterocycles. The van der Waals surface area contributed by atoms with Crippen LogP contribution in [0.25, 0.3) is 11.8 Å². The zero-order chi connectivity index (χ0) is 38.8. The summed E-state index contributed by atoms with van der Waals surface area (Å²) in [4.78, 5) is 32.4. The molecule has 10 nitrogen and oxygen atoms in total. The van der Waals surface area contributed by atoms with Crippen LogP contribution in [-0.4, -0.2) is 53.7 Å². The predicted molar refractivity (Wildman–Crippen MR) is 204 cm³/mol. The number of hydrogen-bond donors (Lipinski definition) is 2. The predicted octanol–water partition coefficient (Wildman–Crippen LogP) is 7.20. The highest BCUT2D eigenvalue weighted by atomic mass is 16.5. The summed E-state index contributed by atoms with van der Waals surface area (Å²) in [6.07, 6.45) is 12.1. The molecule has 0 amide bonds. The minimum Gasteiger partial charge on any atom is -0.495 e. The molecule has 0 radical (unpaired) electrons. The summed E-state index contributed by atoms with van der Waals surface area (Å²) in [6, 6.07) is 2.34. The first-order chi connectivity index (χ1) is 25.0. The first-order valence-corrected chi connectivity index (χ1v) is 18.6. The summed E-state index contributed by atoms with van der Waals surface area (Å²) in [6.45, 7) is 16.0. The topological polar surface area (TPSA) is 153 Å². The summed E-state index contributed by atoms with van der Waals surface area (Å²) in [5.41, 5.74) is 7.85. The minimum atomic E-state index is -2.13. The van der Waals surface area contributed by atoms with E-state index in [1.165, 1.54) is 12.7 Å². The molecule has 3 heterocycles. The number of nitrogens with zero attached hydrogens (tertiary/aromatic N) is 2. The van der Waals surface area contributed by atoms with Crippen LogP contribution in [0.1, 0.15) is 97.8 Å². The van der Waals surface area contributed by atoms with E-state index in [1.54, 1.807) is 20.1 Å². The number of carbonyl (C=O) groups is 2. The summed E-state index contributed by atoms with van der Waals surface area (Å²) in [7, 11) is 2.88. The van der Waals surface area contributed by atoms with Crippen LogP contribution < -0.4 is 19.9 Å². The average molecular weight is 724 g/mol. The highest BCUT2D eigenvalue weighted by Crippen LogP contribution is 2.69. The largest absolute Gasteiger partial charge is 0.495 e. The number of fused-ring (bicyclic) bond motifs is 5. The minimum absolute atomic E-state index is 0.0684. The Kier molecular flexibility index (Phi) is 9.82. The number of ketones is 1. The van der Waals surface area contributed by atoms with E-state index < -0.39 is 46.3 Å². The summed E-state index contributed by atoms with van der Waals surface area (Å²) in [5, 5.41) is 23.7. The van der Waals surface area contributed by atoms with Gasteiger partial charge in [-0.1, -0.05) is 43.2 Å². The number of nitrogens with two attached hydrogens (primary N) is 1. The molecule has 0 saturated heterocycles. The Labute approximate surface area is 313 Å². The number of amidine groups is 1. The Morgan fingerprint density at radius 3 is 2.43 bits per heavy atom. The molecule has 7 unspecified atom stereocenters. The number of aliphatic hydroxyl groups is 1. The summed E-state index contributed by atoms with van der Waals surface area (Å²) < 4.78 is 25.7. The number of carbonyl (C=O) groups excluding carboxylic acids is 2. The van der Waals surface area contributed by atoms with E-state index in [-0.39, 0.29) is 29.7 Å². The SMILES string of the molecule is COC(=O)C(C)=CCC1(O)C(=O)C2CC(C(C)C)C13Oc1c(CC=C(C)C)c4c(c(OC)c1C1=C3C2C(C#N)C(N)=N1)C=CC(C)(CCC=C(C)C)O4. The third-order valence-corrected chi connectivity index (χ3v) is 11.9. The third kappa shape index (κ3) is 5.74. The normalized spacial score (nSPS) is 30.6. The number of allylic oxidation sites excluding steroid dienone is 4. The van der Waals surface area contributed by atoms with Crippen molar-refractivity contribution in [2.24, 2.45) is 40.3 Å². The van der Waals surface area contributed by atoms with Crippen molar-refractivity contribution in [1.29, 1.82) is 5.26 Å². The first kappa shape index (κ1) is 38.1. The van der Waals surface area contributed by atoms with Gasteiger partial charge in [-0.15, -0.1) is 0 Å². The van der Waals surface area contributed by atoms with E-state index in [0.29, 0.717) is 46.9 Å². The van der Waals surface area contributed by atoms with Crippen LogP contribution >= 0.6 is 0 Å². The van der Waals surface area contributed by atoms with Gasteiger partial charge in [0.25, 0.3) is 0 Å². The van der Waals surface area contributed by atoms with E-state index in [0.717, 1.165) is 29.5 Å². The Bertz CT molecular complexity index is 1990. The number of hydrogen-bond acceptors (Lipinski definition) is 10. The van der Waals surface area contributed by atoms with Crippen LogP contribution in [0.3, 0.4) is 0 Å². The fourth-order valence-corrected chi connectivity index (χ4v) is 9.32. The highest BCUT2D eigenvalue weighted by molar-refractivity contribution is 6.04. The summed E-state index contributed by atoms with van der Waals surface area (Å²) in [5.74, 6) is -2.19. The lowest BCUT2D eigenvalue weighted by molar-refractivity contribution is -0.212. The number of esters is 1. The zero-order valence-corrected chi connectivity index (χ0v) is 32.7. The fourth-order valence-electron chi connectivity index (χ4n) is 9.32. The van der Waals surface area contributed by atoms with Crippen molar-refractivity contribution < 1.29 is 33.6 Å². The van der Waals surface area contributed by atoms with Crippen molar-refractivity contribution in [3.8, 4) is 23.3 Å². The highest BCUT2D eigenvalue weighted by Gasteiger charge is 2.77. The van der Waals surface area contributed by atoms with Gasteiger partial charge in [0, 0.05) is 40.9 Å². The number of rotatable bonds is 10. The van der Waals surface area contributed by atoms with Gasteiger partial charge in [-0.2, -0.15) is 5.26 Å². The van der Waals surface area contributed by atoms with E-state index in [2.05, 4.69) is 58.9 Å². The standard InChI is InChI=1S/C43H53N3O7/c1-22(2)12-11-17-41(8)18-16-27-35(52-41)26(14-13-23(3)4)37-32(36(27)50-9)34-33-31(29(21-44)39(45)46-34)28-20-30(24(5)6)43(33,53-37)42(49,38(28)47)19-15-25(7)40(48)51-10/h12-13,15-16,18,24,28-31,49H,11,14,17,19-20H2,1-10H3,(H2,45,46). The molecule has 7 atom stereocenters. The number of methoxy groups -OCH3 is 2. The molecule has 53 heavy (non-hydrogen) atoms. The molecule has 1 aromatic carbocycles. The van der Waals surface area contributed by atoms with Crippen LogP contribution in [0.2, 0.25) is 0 Å². The van der Waals surface area contributed by atoms with Gasteiger partial charge in [0.1, 0.15) is 34.6 Å². The Morgan fingerprint density at radius 1 is 1.13 bits per heavy atom. The van der Waals surface area contributed by atoms with Gasteiger partial charge >= 0.3 is 5.97 Å². The number of aliphatic imine (C=N–C) groups is 1. The number of benzene rings is 1. The molecule has 3 N–H and O–H groups in total. The van der Waals surface area contributed by atoms with E-state index in [1.807, 2.05) is 19.9 Å². The van der Waals surface area contributed by atoms with Crippen LogP contribution in [0.5, 0.6) is 17.2 Å². The van der Waals surface area contributed by atoms with Crippen molar-refractivity contribution >= 4 is 29.4 Å². The van der Waals surface area contributed by atoms with Crippen LogP contribution in [-0.2, 0) is 20.7 Å². The lowest BCUT2D eigenvalue weighted by Gasteiger charge is -2.66. The summed E-state index contributed by atoms with van der Waals surface area (Å²) >= 11 is 0. The van der Waals surface area contributed by atoms with Gasteiger partial charge in [0.05, 0.1) is 37.1 Å². The molecule has 3 saturated carbocycles. The smallest absolute Gasteiger partial charge is 0.333 e. The first-order valence-electron chi connectivity index (χ1n) is 18.6. The lowest BCUT2D eigenvalue weighted by Crippen LogP contribution is -2.79. The van der Waals surface area contributed by atoms with Gasteiger partial charge in [0.15, 0.2) is 17.0 Å². The molecular formula is C43H53N3O7. The van der Waals surface area contributed by atoms with Crippen LogP contribution in [0.4, 0.5) is 0 Å². The maximum Gasteiger partial charge on any atom is 0.333 e. The van der Waals surface area contributed by atoms with Gasteiger partial charge in [-0.3, -0.25) is 4.79 Å². The van der Waals surface area contributed by atoms with Crippen molar-refractivity contribution in [2.75, 3.05) is 14.2 Å². The molecule has 3 fully saturated rings. The molecule has 2 bridgehead atoms. The Morgan fingerprint density at radius 2 is 1.83 bits per heavy atom. The number of ether oxygens (including phenoxy) is 4. The Hall–Kier alpha value is -4.62. The van der Waals surface area contributed by atoms with Crippen molar-refractivity contribution in [3.05, 3.63) is 63.3 Å². The van der Waals surface area contributed by atoms with Gasteiger partial charge in [-0.25, -0.2) is 9.79 Å². The molecule has 1 spiro atoms. The van der Waals surface area contributed by atoms with Crippen LogP contribution in [0.15, 0.2) is 51.6 Å². The zero-order valence-electron chi connectivity index (χ0n) is 32.7. The molecule has 0 aromatic heterocycles. The van der Waals surface area contributed by atoms with E-state index >= 15 is 0 Å². The number of Topliss-reactive ketones (excluding diaryl/α,β-unsaturated/α-hetero) is 1. The molecule has 10 heteroatoms. The fraction of sp³-hybridized carbons (Fsp3) is 0.535. The van der Waals surface area contributed by atoms with Crippen molar-refractivity contribution in [3.63, 3.8) is 0 Å². The maximum absolute atomic E-state index is 14.9. The Balaban J connectivity index is 1.72. The maximum atomic E-state index is 14.9. The second-order valence-corrected chi connectivity index (χ2v) is 16.3. The van der Waals surface area contributed by atoms with Gasteiger partial charge in [-0.05, 0) is 85.3 Å². The lowest BCUT2D eigenvalue weighted by atomic mass is 9.43. The molecule has 1 aromatic rings. The van der Waals surface area contributed by atoms with Crippen molar-refractivity contribution in [2.45, 2.75) is 104 Å². The van der Waals surface area contributed by atoms with Gasteiger partial charge in [0.2, 0.25) is 0 Å². The van der Waals surface area contributed by atoms with E-state index in [4.69, 9.17) is 29.7 Å². The second kappa shape index (κ2) is 13.7. The molecule has 7 rings (SSSR count). The van der Waals surface area contributed by atoms with Crippen LogP contribution in [0, 0.1) is 40.9 Å². The second-order valence-electron chi connectivity index (χ2n) is 16.3. The third-order valence-electron chi connectivity index (χ3n) is 11.9. The molecule has 6 aliphatic rings. The molecule has 282 valence electrons. The van der Waals surface area contributed by atoms with Crippen molar-refractivity contribution in [1.82, 2.24) is 0 Å². The quantitative estimate of drug-likeness (QED) is 0.145. The van der Waals surface area contributed by atoms with Gasteiger partial charge < -0.3 is 29.8 Å². The van der Waals surface area contributed by atoms with E-state index in [9.17, 15) is 20.0 Å². The molecular weight excluding hydrogens is 670 g/mol.